The van der Waals surface area contributed by atoms with Crippen molar-refractivity contribution < 1.29 is 9.90 Å². The zero-order valence-electron chi connectivity index (χ0n) is 10.5. The highest BCUT2D eigenvalue weighted by molar-refractivity contribution is 7.11. The number of carboxylic acids is 1. The SMILES string of the molecule is Cc1ncc(CN2CCc3sccc3C2C(=O)O)s1. The van der Waals surface area contributed by atoms with E-state index in [1.165, 1.54) is 4.88 Å². The average molecular weight is 294 g/mol. The molecule has 0 aliphatic carbocycles. The van der Waals surface area contributed by atoms with Gasteiger partial charge in [-0.2, -0.15) is 0 Å². The lowest BCUT2D eigenvalue weighted by molar-refractivity contribution is -0.144. The lowest BCUT2D eigenvalue weighted by atomic mass is 10.00. The maximum absolute atomic E-state index is 11.6. The van der Waals surface area contributed by atoms with Gasteiger partial charge in [0.15, 0.2) is 0 Å². The zero-order chi connectivity index (χ0) is 13.4. The van der Waals surface area contributed by atoms with Crippen LogP contribution in [-0.2, 0) is 17.8 Å². The quantitative estimate of drug-likeness (QED) is 0.945. The van der Waals surface area contributed by atoms with Crippen molar-refractivity contribution in [3.63, 3.8) is 0 Å². The topological polar surface area (TPSA) is 53.4 Å². The lowest BCUT2D eigenvalue weighted by Gasteiger charge is -2.32. The summed E-state index contributed by atoms with van der Waals surface area (Å²) in [5, 5.41) is 12.5. The van der Waals surface area contributed by atoms with E-state index in [1.807, 2.05) is 29.5 Å². The summed E-state index contributed by atoms with van der Waals surface area (Å²) in [6, 6.07) is 1.43. The Morgan fingerprint density at radius 1 is 1.63 bits per heavy atom. The predicted octanol–water partition coefficient (Wildman–Crippen LogP) is 2.70. The molecule has 0 saturated heterocycles. The molecule has 0 bridgehead atoms. The van der Waals surface area contributed by atoms with Crippen molar-refractivity contribution in [2.24, 2.45) is 0 Å². The van der Waals surface area contributed by atoms with Gasteiger partial charge in [-0.05, 0) is 30.4 Å². The number of aryl methyl sites for hydroxylation is 1. The third-order valence-electron chi connectivity index (χ3n) is 3.33. The summed E-state index contributed by atoms with van der Waals surface area (Å²) < 4.78 is 0. The second-order valence-electron chi connectivity index (χ2n) is 4.61. The number of hydrogen-bond donors (Lipinski definition) is 1. The fourth-order valence-corrected chi connectivity index (χ4v) is 4.23. The van der Waals surface area contributed by atoms with Crippen LogP contribution < -0.4 is 0 Å². The van der Waals surface area contributed by atoms with Gasteiger partial charge >= 0.3 is 5.97 Å². The summed E-state index contributed by atoms with van der Waals surface area (Å²) in [7, 11) is 0. The molecule has 0 fully saturated rings. The van der Waals surface area contributed by atoms with Crippen LogP contribution in [0.4, 0.5) is 0 Å². The molecule has 0 amide bonds. The molecule has 4 nitrogen and oxygen atoms in total. The Labute approximate surface area is 119 Å². The highest BCUT2D eigenvalue weighted by Crippen LogP contribution is 2.34. The van der Waals surface area contributed by atoms with Gasteiger partial charge in [0.1, 0.15) is 6.04 Å². The smallest absolute Gasteiger partial charge is 0.325 e. The summed E-state index contributed by atoms with van der Waals surface area (Å²) in [6.45, 7) is 3.43. The van der Waals surface area contributed by atoms with Gasteiger partial charge in [0.25, 0.3) is 0 Å². The average Bonchev–Trinajstić information content (AvgIpc) is 2.97. The molecule has 100 valence electrons. The minimum absolute atomic E-state index is 0.516. The van der Waals surface area contributed by atoms with Crippen molar-refractivity contribution in [3.05, 3.63) is 38.0 Å². The third-order valence-corrected chi connectivity index (χ3v) is 5.22. The van der Waals surface area contributed by atoms with E-state index in [9.17, 15) is 9.90 Å². The standard InChI is InChI=1S/C13H14N2O2S2/c1-8-14-6-9(19-8)7-15-4-2-11-10(3-5-18-11)12(15)13(16)17/h3,5-6,12H,2,4,7H2,1H3,(H,16,17). The molecule has 1 aliphatic rings. The molecular formula is C13H14N2O2S2. The number of thiazole rings is 1. The number of fused-ring (bicyclic) bond motifs is 1. The van der Waals surface area contributed by atoms with Crippen molar-refractivity contribution in [1.29, 1.82) is 0 Å². The zero-order valence-corrected chi connectivity index (χ0v) is 12.1. The molecule has 1 aliphatic heterocycles. The van der Waals surface area contributed by atoms with Crippen LogP contribution in [0.25, 0.3) is 0 Å². The van der Waals surface area contributed by atoms with Gasteiger partial charge in [-0.3, -0.25) is 9.69 Å². The summed E-state index contributed by atoms with van der Waals surface area (Å²) in [5.74, 6) is -0.763. The van der Waals surface area contributed by atoms with E-state index < -0.39 is 12.0 Å². The lowest BCUT2D eigenvalue weighted by Crippen LogP contribution is -2.38. The van der Waals surface area contributed by atoms with E-state index in [4.69, 9.17) is 0 Å². The van der Waals surface area contributed by atoms with Crippen LogP contribution in [0, 0.1) is 6.92 Å². The molecule has 2 aromatic rings. The third kappa shape index (κ3) is 2.43. The van der Waals surface area contributed by atoms with E-state index >= 15 is 0 Å². The summed E-state index contributed by atoms with van der Waals surface area (Å²) in [6.07, 6.45) is 2.79. The van der Waals surface area contributed by atoms with Gasteiger partial charge in [-0.25, -0.2) is 4.98 Å². The molecule has 3 rings (SSSR count). The minimum atomic E-state index is -0.763. The van der Waals surface area contributed by atoms with E-state index in [-0.39, 0.29) is 0 Å². The second kappa shape index (κ2) is 5.03. The molecular weight excluding hydrogens is 280 g/mol. The number of carbonyl (C=O) groups is 1. The van der Waals surface area contributed by atoms with Gasteiger partial charge in [0.05, 0.1) is 5.01 Å². The molecule has 19 heavy (non-hydrogen) atoms. The summed E-state index contributed by atoms with van der Waals surface area (Å²) in [4.78, 5) is 20.2. The molecule has 0 aromatic carbocycles. The van der Waals surface area contributed by atoms with Crippen LogP contribution in [0.2, 0.25) is 0 Å². The first-order valence-corrected chi connectivity index (χ1v) is 7.79. The van der Waals surface area contributed by atoms with Crippen molar-refractivity contribution >= 4 is 28.6 Å². The predicted molar refractivity (Wildman–Crippen MR) is 75.7 cm³/mol. The molecule has 1 unspecified atom stereocenters. The number of nitrogens with zero attached hydrogens (tertiary/aromatic N) is 2. The fraction of sp³-hybridized carbons (Fsp3) is 0.385. The summed E-state index contributed by atoms with van der Waals surface area (Å²) >= 11 is 3.29. The molecule has 6 heteroatoms. The molecule has 1 atom stereocenters. The molecule has 0 saturated carbocycles. The van der Waals surface area contributed by atoms with Gasteiger partial charge in [-0.1, -0.05) is 0 Å². The van der Waals surface area contributed by atoms with Crippen LogP contribution in [-0.4, -0.2) is 27.5 Å². The van der Waals surface area contributed by atoms with Crippen LogP contribution in [0.5, 0.6) is 0 Å². The van der Waals surface area contributed by atoms with Crippen molar-refractivity contribution in [2.45, 2.75) is 25.9 Å². The van der Waals surface area contributed by atoms with Crippen LogP contribution >= 0.6 is 22.7 Å². The van der Waals surface area contributed by atoms with Crippen molar-refractivity contribution in [1.82, 2.24) is 9.88 Å². The number of hydrogen-bond acceptors (Lipinski definition) is 5. The minimum Gasteiger partial charge on any atom is -0.480 e. The van der Waals surface area contributed by atoms with Gasteiger partial charge in [-0.15, -0.1) is 22.7 Å². The Hall–Kier alpha value is -1.24. The fourth-order valence-electron chi connectivity index (χ4n) is 2.51. The Morgan fingerprint density at radius 3 is 3.16 bits per heavy atom. The number of rotatable bonds is 3. The highest BCUT2D eigenvalue weighted by atomic mass is 32.1. The van der Waals surface area contributed by atoms with Gasteiger partial charge < -0.3 is 5.11 Å². The number of aromatic nitrogens is 1. The van der Waals surface area contributed by atoms with Crippen LogP contribution in [0.1, 0.15) is 26.4 Å². The number of carboxylic acid groups (broad SMARTS) is 1. The molecule has 0 spiro atoms. The maximum atomic E-state index is 11.6. The van der Waals surface area contributed by atoms with Gasteiger partial charge in [0, 0.05) is 29.0 Å². The Morgan fingerprint density at radius 2 is 2.47 bits per heavy atom. The Kier molecular flexibility index (Phi) is 3.38. The molecule has 2 aromatic heterocycles. The second-order valence-corrected chi connectivity index (χ2v) is 6.93. The molecule has 3 heterocycles. The summed E-state index contributed by atoms with van der Waals surface area (Å²) in [5.41, 5.74) is 0.963. The van der Waals surface area contributed by atoms with Crippen LogP contribution in [0.15, 0.2) is 17.6 Å². The van der Waals surface area contributed by atoms with Crippen molar-refractivity contribution in [2.75, 3.05) is 6.54 Å². The van der Waals surface area contributed by atoms with Gasteiger partial charge in [0.2, 0.25) is 0 Å². The monoisotopic (exact) mass is 294 g/mol. The van der Waals surface area contributed by atoms with Crippen molar-refractivity contribution in [3.8, 4) is 0 Å². The Bertz CT molecular complexity index is 605. The largest absolute Gasteiger partial charge is 0.480 e. The normalized spacial score (nSPS) is 19.3. The first-order valence-electron chi connectivity index (χ1n) is 6.09. The highest BCUT2D eigenvalue weighted by Gasteiger charge is 2.33. The van der Waals surface area contributed by atoms with E-state index in [0.717, 1.165) is 28.4 Å². The maximum Gasteiger partial charge on any atom is 0.325 e. The first kappa shape index (κ1) is 12.8. The Balaban J connectivity index is 1.87. The number of aliphatic carboxylic acids is 1. The van der Waals surface area contributed by atoms with E-state index in [2.05, 4.69) is 4.98 Å². The van der Waals surface area contributed by atoms with E-state index in [1.54, 1.807) is 22.7 Å². The molecule has 0 radical (unpaired) electrons. The molecule has 1 N–H and O–H groups in total. The van der Waals surface area contributed by atoms with Crippen LogP contribution in [0.3, 0.4) is 0 Å². The van der Waals surface area contributed by atoms with E-state index in [0.29, 0.717) is 6.54 Å². The number of thiophene rings is 1. The first-order chi connectivity index (χ1) is 9.15.